The Morgan fingerprint density at radius 2 is 0.852 bits per heavy atom. The predicted molar refractivity (Wildman–Crippen MR) is 251 cm³/mol. The Hall–Kier alpha value is -6.17. The van der Waals surface area contributed by atoms with Crippen LogP contribution in [0.4, 0.5) is 0 Å². The number of nitrogens with zero attached hydrogens (tertiary/aromatic N) is 7. The molecule has 0 aliphatic rings. The minimum absolute atomic E-state index is 0. The molecule has 0 atom stereocenters. The maximum absolute atomic E-state index is 5.01. The molecule has 12 heteroatoms. The van der Waals surface area contributed by atoms with E-state index < -0.39 is 0 Å². The van der Waals surface area contributed by atoms with Crippen molar-refractivity contribution in [3.63, 3.8) is 0 Å². The number of aromatic nitrogens is 8. The van der Waals surface area contributed by atoms with E-state index in [-0.39, 0.29) is 19.5 Å². The van der Waals surface area contributed by atoms with E-state index in [1.807, 2.05) is 109 Å². The molecule has 1 aromatic carbocycles. The average molecular weight is 936 g/mol. The summed E-state index contributed by atoms with van der Waals surface area (Å²) in [5.74, 6) is 0.882. The van der Waals surface area contributed by atoms with Crippen molar-refractivity contribution >= 4 is 66.8 Å². The predicted octanol–water partition coefficient (Wildman–Crippen LogP) is 13.4. The summed E-state index contributed by atoms with van der Waals surface area (Å²) in [5.41, 5.74) is 12.3. The molecule has 0 aliphatic carbocycles. The summed E-state index contributed by atoms with van der Waals surface area (Å²) in [5, 5.41) is 4.19. The van der Waals surface area contributed by atoms with Crippen LogP contribution in [-0.2, 0) is 19.5 Å². The minimum Gasteiger partial charge on any atom is -0.337 e. The van der Waals surface area contributed by atoms with Crippen LogP contribution in [-0.4, -0.2) is 39.9 Å². The van der Waals surface area contributed by atoms with Crippen molar-refractivity contribution in [1.29, 1.82) is 0 Å². The first kappa shape index (κ1) is 41.6. The van der Waals surface area contributed by atoms with E-state index in [1.54, 1.807) is 22.7 Å². The zero-order valence-electron chi connectivity index (χ0n) is 33.6. The molecule has 61 heavy (non-hydrogen) atoms. The second kappa shape index (κ2) is 18.6. The third-order valence-corrected chi connectivity index (χ3v) is 13.1. The molecule has 11 rings (SSSR count). The Labute approximate surface area is 378 Å². The Bertz CT molecular complexity index is 3000. The molecule has 0 amide bonds. The number of thiophene rings is 3. The van der Waals surface area contributed by atoms with Crippen LogP contribution >= 0.6 is 34.0 Å². The fraction of sp³-hybridized carbons (Fsp3) is 0.0816. The number of benzene rings is 1. The molecule has 0 unspecified atom stereocenters. The van der Waals surface area contributed by atoms with Crippen LogP contribution in [0.1, 0.15) is 22.3 Å². The number of aryl methyl sites for hydroxylation is 4. The Kier molecular flexibility index (Phi) is 12.7. The van der Waals surface area contributed by atoms with Gasteiger partial charge in [0.05, 0.1) is 49.7 Å². The molecule has 0 saturated heterocycles. The molecule has 0 bridgehead atoms. The fourth-order valence-corrected chi connectivity index (χ4v) is 9.67. The molecule has 1 N–H and O–H groups in total. The van der Waals surface area contributed by atoms with E-state index in [0.29, 0.717) is 0 Å². The fourth-order valence-electron chi connectivity index (χ4n) is 6.78. The SMILES string of the molecule is Cc1ccnc(-c2cc(C)ccn2)c1.Cc1ccnc(-c2cc(C)ccn2)c1.[Ru].c1csc(-c2ccc(-c3ccc(-c4nc5c6cccnc6c6ncccc6c5[nH]4)s3)s2)c1. The number of nitrogens with one attached hydrogen (secondary N) is 1. The quantitative estimate of drug-likeness (QED) is 0.135. The smallest absolute Gasteiger partial charge is 0.148 e. The molecule has 10 aromatic heterocycles. The van der Waals surface area contributed by atoms with Crippen molar-refractivity contribution in [3.8, 4) is 53.0 Å². The van der Waals surface area contributed by atoms with Gasteiger partial charge in [0.2, 0.25) is 0 Å². The molecular formula is C49H38N8RuS3. The Morgan fingerprint density at radius 1 is 0.410 bits per heavy atom. The first-order chi connectivity index (χ1) is 29.4. The van der Waals surface area contributed by atoms with Crippen LogP contribution in [0, 0.1) is 27.7 Å². The largest absolute Gasteiger partial charge is 0.337 e. The number of hydrogen-bond donors (Lipinski definition) is 1. The zero-order chi connectivity index (χ0) is 41.0. The number of rotatable bonds is 5. The van der Waals surface area contributed by atoms with Crippen LogP contribution in [0.15, 0.2) is 152 Å². The van der Waals surface area contributed by atoms with Crippen LogP contribution in [0.3, 0.4) is 0 Å². The minimum atomic E-state index is 0. The van der Waals surface area contributed by atoms with Gasteiger partial charge in [0.25, 0.3) is 0 Å². The van der Waals surface area contributed by atoms with Crippen molar-refractivity contribution in [1.82, 2.24) is 39.9 Å². The summed E-state index contributed by atoms with van der Waals surface area (Å²) in [6, 6.07) is 37.2. The first-order valence-corrected chi connectivity index (χ1v) is 21.8. The summed E-state index contributed by atoms with van der Waals surface area (Å²) in [6.07, 6.45) is 10.9. The molecule has 300 valence electrons. The van der Waals surface area contributed by atoms with Gasteiger partial charge in [-0.1, -0.05) is 6.07 Å². The van der Waals surface area contributed by atoms with E-state index in [0.717, 1.165) is 66.3 Å². The van der Waals surface area contributed by atoms with Crippen molar-refractivity contribution in [2.75, 3.05) is 0 Å². The van der Waals surface area contributed by atoms with Crippen LogP contribution < -0.4 is 0 Å². The molecule has 0 spiro atoms. The van der Waals surface area contributed by atoms with Gasteiger partial charge in [-0.2, -0.15) is 0 Å². The van der Waals surface area contributed by atoms with Gasteiger partial charge < -0.3 is 4.98 Å². The van der Waals surface area contributed by atoms with E-state index in [4.69, 9.17) is 4.98 Å². The standard InChI is InChI=1S/C25H14N4S3.2C12H12N2.Ru/c1-4-14-21(26-11-1)22-15(5-2-12-27-22)24-23(14)28-25(29-24)20-10-9-19(32-20)18-8-7-17(31-18)16-6-3-13-30-16;2*1-9-3-5-13-11(7-9)12-8-10(2)4-6-14-12;/h1-13H,(H,28,29);2*3-8H,1-2H3;. The second-order valence-corrected chi connectivity index (χ2v) is 17.4. The number of H-pyrrole nitrogens is 1. The van der Waals surface area contributed by atoms with Gasteiger partial charge in [0, 0.05) is 86.9 Å². The Morgan fingerprint density at radius 3 is 1.33 bits per heavy atom. The van der Waals surface area contributed by atoms with Gasteiger partial charge in [-0.15, -0.1) is 34.0 Å². The first-order valence-electron chi connectivity index (χ1n) is 19.3. The normalized spacial score (nSPS) is 10.8. The summed E-state index contributed by atoms with van der Waals surface area (Å²) >= 11 is 5.38. The van der Waals surface area contributed by atoms with Crippen LogP contribution in [0.5, 0.6) is 0 Å². The van der Waals surface area contributed by atoms with E-state index in [1.165, 1.54) is 41.8 Å². The van der Waals surface area contributed by atoms with Crippen LogP contribution in [0.2, 0.25) is 0 Å². The van der Waals surface area contributed by atoms with Crippen molar-refractivity contribution in [2.24, 2.45) is 0 Å². The topological polar surface area (TPSA) is 106 Å². The molecule has 0 radical (unpaired) electrons. The van der Waals surface area contributed by atoms with E-state index in [2.05, 4.69) is 116 Å². The third-order valence-electron chi connectivity index (χ3n) is 9.71. The Balaban J connectivity index is 0.000000147. The molecule has 0 fully saturated rings. The number of fused-ring (bicyclic) bond motifs is 6. The van der Waals surface area contributed by atoms with Gasteiger partial charge in [0.15, 0.2) is 0 Å². The zero-order valence-corrected chi connectivity index (χ0v) is 37.8. The average Bonchev–Trinajstić information content (AvgIpc) is 4.12. The summed E-state index contributed by atoms with van der Waals surface area (Å²) in [4.78, 5) is 41.2. The monoisotopic (exact) mass is 936 g/mol. The molecule has 0 saturated carbocycles. The summed E-state index contributed by atoms with van der Waals surface area (Å²) < 4.78 is 0. The van der Waals surface area contributed by atoms with Crippen LogP contribution in [0.25, 0.3) is 85.8 Å². The maximum atomic E-state index is 5.01. The number of hydrogen-bond acceptors (Lipinski definition) is 10. The van der Waals surface area contributed by atoms with Crippen molar-refractivity contribution < 1.29 is 19.5 Å². The van der Waals surface area contributed by atoms with E-state index in [9.17, 15) is 0 Å². The molecule has 0 aliphatic heterocycles. The molecule has 10 heterocycles. The van der Waals surface area contributed by atoms with E-state index >= 15 is 0 Å². The van der Waals surface area contributed by atoms with Crippen molar-refractivity contribution in [3.05, 3.63) is 174 Å². The molecule has 8 nitrogen and oxygen atoms in total. The molecule has 11 aromatic rings. The summed E-state index contributed by atoms with van der Waals surface area (Å²) in [6.45, 7) is 8.23. The van der Waals surface area contributed by atoms with Gasteiger partial charge in [-0.3, -0.25) is 29.9 Å². The van der Waals surface area contributed by atoms with Crippen molar-refractivity contribution in [2.45, 2.75) is 27.7 Å². The van der Waals surface area contributed by atoms with Gasteiger partial charge in [-0.05, 0) is 158 Å². The summed E-state index contributed by atoms with van der Waals surface area (Å²) in [7, 11) is 0. The van der Waals surface area contributed by atoms with Gasteiger partial charge >= 0.3 is 0 Å². The number of imidazole rings is 1. The number of pyridine rings is 6. The van der Waals surface area contributed by atoms with Gasteiger partial charge in [0.1, 0.15) is 5.82 Å². The third kappa shape index (κ3) is 9.28. The molecular weight excluding hydrogens is 898 g/mol. The van der Waals surface area contributed by atoms with Gasteiger partial charge in [-0.25, -0.2) is 4.98 Å². The second-order valence-electron chi connectivity index (χ2n) is 14.3. The maximum Gasteiger partial charge on any atom is 0.148 e. The number of aromatic amines is 1.